The van der Waals surface area contributed by atoms with Crippen LogP contribution in [0, 0.1) is 0 Å². The molecule has 0 aromatic carbocycles. The van der Waals surface area contributed by atoms with Crippen LogP contribution in [0.3, 0.4) is 0 Å². The molecule has 1 amide bonds. The molecule has 2 rings (SSSR count). The van der Waals surface area contributed by atoms with Gasteiger partial charge in [0.25, 0.3) is 0 Å². The quantitative estimate of drug-likeness (QED) is 0.841. The van der Waals surface area contributed by atoms with Crippen LogP contribution in [0.1, 0.15) is 59.3 Å². The number of ether oxygens (including phenoxy) is 2. The lowest BCUT2D eigenvalue weighted by Crippen LogP contribution is -2.49. The first-order valence-electron chi connectivity index (χ1n) is 8.26. The summed E-state index contributed by atoms with van der Waals surface area (Å²) in [4.78, 5) is 11.8. The van der Waals surface area contributed by atoms with Crippen molar-refractivity contribution in [2.24, 2.45) is 0 Å². The molecule has 0 bridgehead atoms. The van der Waals surface area contributed by atoms with Gasteiger partial charge in [0.05, 0.1) is 6.61 Å². The summed E-state index contributed by atoms with van der Waals surface area (Å²) in [6.07, 6.45) is 6.39. The molecule has 1 aliphatic carbocycles. The summed E-state index contributed by atoms with van der Waals surface area (Å²) in [5.41, 5.74) is -0.435. The van der Waals surface area contributed by atoms with Gasteiger partial charge in [-0.15, -0.1) is 0 Å². The van der Waals surface area contributed by atoms with Crippen molar-refractivity contribution in [3.05, 3.63) is 0 Å². The number of hydrogen-bond acceptors (Lipinski definition) is 4. The van der Waals surface area contributed by atoms with Crippen LogP contribution in [0.4, 0.5) is 4.79 Å². The maximum absolute atomic E-state index is 11.8. The zero-order valence-corrected chi connectivity index (χ0v) is 13.6. The van der Waals surface area contributed by atoms with E-state index in [0.29, 0.717) is 12.1 Å². The maximum atomic E-state index is 11.8. The highest BCUT2D eigenvalue weighted by molar-refractivity contribution is 5.68. The van der Waals surface area contributed by atoms with Crippen LogP contribution >= 0.6 is 0 Å². The molecule has 2 aliphatic rings. The van der Waals surface area contributed by atoms with E-state index in [-0.39, 0.29) is 12.1 Å². The van der Waals surface area contributed by atoms with Gasteiger partial charge in [0, 0.05) is 24.7 Å². The van der Waals surface area contributed by atoms with Crippen molar-refractivity contribution in [1.82, 2.24) is 10.6 Å². The third-order valence-corrected chi connectivity index (χ3v) is 4.03. The molecule has 0 aromatic heterocycles. The number of hydrogen-bond donors (Lipinski definition) is 2. The molecule has 2 fully saturated rings. The Morgan fingerprint density at radius 1 is 1.10 bits per heavy atom. The summed E-state index contributed by atoms with van der Waals surface area (Å²) >= 11 is 0. The molecule has 1 saturated heterocycles. The minimum absolute atomic E-state index is 0.218. The minimum Gasteiger partial charge on any atom is -0.444 e. The molecule has 1 saturated carbocycles. The first-order chi connectivity index (χ1) is 9.92. The maximum Gasteiger partial charge on any atom is 0.407 e. The van der Waals surface area contributed by atoms with E-state index in [4.69, 9.17) is 9.47 Å². The van der Waals surface area contributed by atoms with Crippen molar-refractivity contribution >= 4 is 6.09 Å². The molecule has 1 heterocycles. The lowest BCUT2D eigenvalue weighted by molar-refractivity contribution is 0.0472. The van der Waals surface area contributed by atoms with E-state index in [1.165, 1.54) is 12.8 Å². The number of amides is 1. The van der Waals surface area contributed by atoms with Crippen LogP contribution in [0.2, 0.25) is 0 Å². The second kappa shape index (κ2) is 7.45. The van der Waals surface area contributed by atoms with Gasteiger partial charge in [-0.3, -0.25) is 0 Å². The van der Waals surface area contributed by atoms with E-state index >= 15 is 0 Å². The van der Waals surface area contributed by atoms with Crippen molar-refractivity contribution in [3.8, 4) is 0 Å². The highest BCUT2D eigenvalue weighted by Gasteiger charge is 2.27. The lowest BCUT2D eigenvalue weighted by Gasteiger charge is -2.34. The largest absolute Gasteiger partial charge is 0.444 e. The molecule has 122 valence electrons. The number of rotatable bonds is 3. The standard InChI is InChI=1S/C16H30N2O3/c1-16(2,3)21-15(19)18-13-7-4-6-12(10-13)17-14-8-5-9-20-11-14/h12-14,17H,4-11H2,1-3H3,(H,18,19). The molecule has 3 atom stereocenters. The highest BCUT2D eigenvalue weighted by atomic mass is 16.6. The van der Waals surface area contributed by atoms with Gasteiger partial charge in [-0.2, -0.15) is 0 Å². The smallest absolute Gasteiger partial charge is 0.407 e. The third-order valence-electron chi connectivity index (χ3n) is 4.03. The zero-order chi connectivity index (χ0) is 15.3. The molecule has 1 aliphatic heterocycles. The van der Waals surface area contributed by atoms with Gasteiger partial charge >= 0.3 is 6.09 Å². The Morgan fingerprint density at radius 2 is 1.81 bits per heavy atom. The Morgan fingerprint density at radius 3 is 2.48 bits per heavy atom. The van der Waals surface area contributed by atoms with E-state index in [1.807, 2.05) is 20.8 Å². The van der Waals surface area contributed by atoms with Gasteiger partial charge in [0.1, 0.15) is 5.60 Å². The Balaban J connectivity index is 1.73. The van der Waals surface area contributed by atoms with Crippen LogP contribution in [0.5, 0.6) is 0 Å². The summed E-state index contributed by atoms with van der Waals surface area (Å²) in [6, 6.07) is 1.17. The van der Waals surface area contributed by atoms with E-state index in [1.54, 1.807) is 0 Å². The average Bonchev–Trinajstić information content (AvgIpc) is 2.38. The summed E-state index contributed by atoms with van der Waals surface area (Å²) in [5, 5.41) is 6.70. The fourth-order valence-electron chi connectivity index (χ4n) is 3.15. The molecule has 2 N–H and O–H groups in total. The summed E-state index contributed by atoms with van der Waals surface area (Å²) in [5.74, 6) is 0. The Bertz CT molecular complexity index is 335. The number of nitrogens with one attached hydrogen (secondary N) is 2. The van der Waals surface area contributed by atoms with Crippen molar-refractivity contribution < 1.29 is 14.3 Å². The Hall–Kier alpha value is -0.810. The lowest BCUT2D eigenvalue weighted by atomic mass is 9.90. The Labute approximate surface area is 128 Å². The van der Waals surface area contributed by atoms with Crippen molar-refractivity contribution in [3.63, 3.8) is 0 Å². The molecular weight excluding hydrogens is 268 g/mol. The zero-order valence-electron chi connectivity index (χ0n) is 13.6. The SMILES string of the molecule is CC(C)(C)OC(=O)NC1CCCC(NC2CCCOC2)C1. The van der Waals surface area contributed by atoms with E-state index in [9.17, 15) is 4.79 Å². The summed E-state index contributed by atoms with van der Waals surface area (Å²) < 4.78 is 10.9. The summed E-state index contributed by atoms with van der Waals surface area (Å²) in [7, 11) is 0. The van der Waals surface area contributed by atoms with Crippen molar-refractivity contribution in [1.29, 1.82) is 0 Å². The van der Waals surface area contributed by atoms with Crippen LogP contribution in [0.15, 0.2) is 0 Å². The van der Waals surface area contributed by atoms with E-state index in [2.05, 4.69) is 10.6 Å². The normalized spacial score (nSPS) is 30.7. The second-order valence-corrected chi connectivity index (χ2v) is 7.29. The van der Waals surface area contributed by atoms with Gasteiger partial charge in [0.15, 0.2) is 0 Å². The fourth-order valence-corrected chi connectivity index (χ4v) is 3.15. The van der Waals surface area contributed by atoms with Gasteiger partial charge in [-0.1, -0.05) is 0 Å². The molecule has 21 heavy (non-hydrogen) atoms. The summed E-state index contributed by atoms with van der Waals surface area (Å²) in [6.45, 7) is 7.38. The predicted molar refractivity (Wildman–Crippen MR) is 82.4 cm³/mol. The first kappa shape index (κ1) is 16.6. The first-order valence-corrected chi connectivity index (χ1v) is 8.26. The van der Waals surface area contributed by atoms with Crippen LogP contribution < -0.4 is 10.6 Å². The second-order valence-electron chi connectivity index (χ2n) is 7.29. The van der Waals surface area contributed by atoms with Gasteiger partial charge in [-0.25, -0.2) is 4.79 Å². The van der Waals surface area contributed by atoms with Crippen molar-refractivity contribution in [2.75, 3.05) is 13.2 Å². The average molecular weight is 298 g/mol. The van der Waals surface area contributed by atoms with E-state index in [0.717, 1.165) is 38.9 Å². The topological polar surface area (TPSA) is 59.6 Å². The minimum atomic E-state index is -0.435. The highest BCUT2D eigenvalue weighted by Crippen LogP contribution is 2.21. The van der Waals surface area contributed by atoms with Gasteiger partial charge in [-0.05, 0) is 59.3 Å². The van der Waals surface area contributed by atoms with Gasteiger partial charge in [0.2, 0.25) is 0 Å². The molecule has 0 aromatic rings. The predicted octanol–water partition coefficient (Wildman–Crippen LogP) is 2.59. The van der Waals surface area contributed by atoms with Crippen LogP contribution in [-0.2, 0) is 9.47 Å². The molecule has 5 nitrogen and oxygen atoms in total. The molecule has 3 unspecified atom stereocenters. The van der Waals surface area contributed by atoms with Crippen molar-refractivity contribution in [2.45, 2.75) is 83.0 Å². The monoisotopic (exact) mass is 298 g/mol. The molecular formula is C16H30N2O3. The Kier molecular flexibility index (Phi) is 5.88. The third kappa shape index (κ3) is 6.22. The van der Waals surface area contributed by atoms with Crippen LogP contribution in [0.25, 0.3) is 0 Å². The molecule has 0 spiro atoms. The van der Waals surface area contributed by atoms with E-state index < -0.39 is 5.60 Å². The molecule has 0 radical (unpaired) electrons. The molecule has 5 heteroatoms. The van der Waals surface area contributed by atoms with Gasteiger partial charge < -0.3 is 20.1 Å². The van der Waals surface area contributed by atoms with Crippen LogP contribution in [-0.4, -0.2) is 43.0 Å². The number of alkyl carbamates (subject to hydrolysis) is 1. The number of carbonyl (C=O) groups is 1. The fraction of sp³-hybridized carbons (Fsp3) is 0.938. The number of carbonyl (C=O) groups excluding carboxylic acids is 1.